The third kappa shape index (κ3) is 7.92. The number of unbranched alkanes of at least 4 members (excludes halogenated alkanes) is 3. The van der Waals surface area contributed by atoms with Crippen molar-refractivity contribution in [3.8, 4) is 11.5 Å². The van der Waals surface area contributed by atoms with Crippen LogP contribution in [0.2, 0.25) is 0 Å². The summed E-state index contributed by atoms with van der Waals surface area (Å²) >= 11 is 0. The van der Waals surface area contributed by atoms with Crippen molar-refractivity contribution in [3.05, 3.63) is 24.3 Å². The number of hydrogen-bond donors (Lipinski definition) is 0. The number of carbonyl (C=O) groups excluding carboxylic acids is 2. The first-order valence-electron chi connectivity index (χ1n) is 8.72. The fourth-order valence-corrected chi connectivity index (χ4v) is 2.39. The third-order valence-electron chi connectivity index (χ3n) is 3.87. The van der Waals surface area contributed by atoms with E-state index in [2.05, 4.69) is 11.7 Å². The molecule has 1 aromatic rings. The zero-order chi connectivity index (χ0) is 18.5. The molecule has 0 saturated carbocycles. The second-order valence-electron chi connectivity index (χ2n) is 5.71. The van der Waals surface area contributed by atoms with Crippen LogP contribution in [-0.4, -0.2) is 50.7 Å². The number of hydrogen-bond acceptors (Lipinski definition) is 5. The summed E-state index contributed by atoms with van der Waals surface area (Å²) in [5, 5.41) is 0. The molecule has 0 spiro atoms. The van der Waals surface area contributed by atoms with E-state index in [1.54, 1.807) is 24.1 Å². The highest BCUT2D eigenvalue weighted by Gasteiger charge is 2.16. The maximum Gasteiger partial charge on any atom is 0.307 e. The molecule has 6 heteroatoms. The molecule has 140 valence electrons. The Bertz CT molecular complexity index is 532. The van der Waals surface area contributed by atoms with Crippen molar-refractivity contribution in [3.63, 3.8) is 0 Å². The van der Waals surface area contributed by atoms with Crippen LogP contribution < -0.4 is 9.47 Å². The molecule has 0 heterocycles. The van der Waals surface area contributed by atoms with Crippen molar-refractivity contribution in [2.24, 2.45) is 0 Å². The summed E-state index contributed by atoms with van der Waals surface area (Å²) in [5.74, 6) is 0.639. The molecular formula is C19H29NO5. The molecule has 0 saturated heterocycles. The minimum absolute atomic E-state index is 0.0880. The van der Waals surface area contributed by atoms with E-state index >= 15 is 0 Å². The average molecular weight is 351 g/mol. The molecule has 0 aliphatic carbocycles. The highest BCUT2D eigenvalue weighted by atomic mass is 16.5. The summed E-state index contributed by atoms with van der Waals surface area (Å²) in [7, 11) is 2.90. The standard InChI is InChI=1S/C19H29NO5/c1-4-5-6-9-13-20(14-12-19(22)24-3)18(21)15-25-17-11-8-7-10-16(17)23-2/h7-8,10-11H,4-6,9,12-15H2,1-3H3. The van der Waals surface area contributed by atoms with Crippen molar-refractivity contribution < 1.29 is 23.8 Å². The van der Waals surface area contributed by atoms with Gasteiger partial charge in [-0.15, -0.1) is 0 Å². The van der Waals surface area contributed by atoms with Gasteiger partial charge in [-0.05, 0) is 18.6 Å². The zero-order valence-electron chi connectivity index (χ0n) is 15.5. The van der Waals surface area contributed by atoms with E-state index in [4.69, 9.17) is 9.47 Å². The molecule has 0 unspecified atom stereocenters. The lowest BCUT2D eigenvalue weighted by molar-refractivity contribution is -0.142. The molecule has 0 N–H and O–H groups in total. The van der Waals surface area contributed by atoms with E-state index in [1.165, 1.54) is 7.11 Å². The Morgan fingerprint density at radius 1 is 1.00 bits per heavy atom. The fraction of sp³-hybridized carbons (Fsp3) is 0.579. The largest absolute Gasteiger partial charge is 0.493 e. The monoisotopic (exact) mass is 351 g/mol. The van der Waals surface area contributed by atoms with Crippen LogP contribution in [-0.2, 0) is 14.3 Å². The van der Waals surface area contributed by atoms with Crippen LogP contribution >= 0.6 is 0 Å². The van der Waals surface area contributed by atoms with Crippen LogP contribution in [0.1, 0.15) is 39.0 Å². The Kier molecular flexibility index (Phi) is 10.1. The molecule has 6 nitrogen and oxygen atoms in total. The zero-order valence-corrected chi connectivity index (χ0v) is 15.5. The van der Waals surface area contributed by atoms with E-state index in [0.717, 1.165) is 25.7 Å². The quantitative estimate of drug-likeness (QED) is 0.428. The predicted octanol–water partition coefficient (Wildman–Crippen LogP) is 3.05. The van der Waals surface area contributed by atoms with Gasteiger partial charge in [0.2, 0.25) is 0 Å². The first-order valence-corrected chi connectivity index (χ1v) is 8.72. The van der Waals surface area contributed by atoms with Gasteiger partial charge in [0.15, 0.2) is 18.1 Å². The number of esters is 1. The molecule has 0 fully saturated rings. The Labute approximate surface area is 150 Å². The number of ether oxygens (including phenoxy) is 3. The number of nitrogens with zero attached hydrogens (tertiary/aromatic N) is 1. The van der Waals surface area contributed by atoms with Gasteiger partial charge in [0.1, 0.15) is 0 Å². The molecule has 0 bridgehead atoms. The first kappa shape index (κ1) is 20.8. The smallest absolute Gasteiger partial charge is 0.307 e. The Balaban J connectivity index is 2.58. The third-order valence-corrected chi connectivity index (χ3v) is 3.87. The summed E-state index contributed by atoms with van der Waals surface area (Å²) in [6, 6.07) is 7.19. The molecule has 1 aromatic carbocycles. The average Bonchev–Trinajstić information content (AvgIpc) is 2.65. The van der Waals surface area contributed by atoms with Gasteiger partial charge in [-0.3, -0.25) is 9.59 Å². The highest BCUT2D eigenvalue weighted by Crippen LogP contribution is 2.25. The molecule has 0 atom stereocenters. The number of amides is 1. The van der Waals surface area contributed by atoms with Crippen LogP contribution in [0.25, 0.3) is 0 Å². The molecule has 0 aliphatic rings. The highest BCUT2D eigenvalue weighted by molar-refractivity contribution is 5.78. The van der Waals surface area contributed by atoms with Gasteiger partial charge in [-0.25, -0.2) is 0 Å². The lowest BCUT2D eigenvalue weighted by Gasteiger charge is -2.22. The summed E-state index contributed by atoms with van der Waals surface area (Å²) in [5.41, 5.74) is 0. The van der Waals surface area contributed by atoms with Crippen LogP contribution in [0.3, 0.4) is 0 Å². The van der Waals surface area contributed by atoms with E-state index < -0.39 is 0 Å². The second-order valence-corrected chi connectivity index (χ2v) is 5.71. The van der Waals surface area contributed by atoms with E-state index in [0.29, 0.717) is 24.6 Å². The lowest BCUT2D eigenvalue weighted by atomic mass is 10.2. The first-order chi connectivity index (χ1) is 12.1. The van der Waals surface area contributed by atoms with Gasteiger partial charge >= 0.3 is 5.97 Å². The molecular weight excluding hydrogens is 322 g/mol. The second kappa shape index (κ2) is 12.2. The topological polar surface area (TPSA) is 65.1 Å². The van der Waals surface area contributed by atoms with Crippen LogP contribution in [0.5, 0.6) is 11.5 Å². The van der Waals surface area contributed by atoms with Crippen molar-refractivity contribution in [1.82, 2.24) is 4.90 Å². The number of rotatable bonds is 12. The summed E-state index contributed by atoms with van der Waals surface area (Å²) in [6.45, 7) is 3.01. The molecule has 1 rings (SSSR count). The number of para-hydroxylation sites is 2. The van der Waals surface area contributed by atoms with Crippen molar-refractivity contribution in [2.75, 3.05) is 33.9 Å². The van der Waals surface area contributed by atoms with Crippen LogP contribution in [0.4, 0.5) is 0 Å². The number of benzene rings is 1. The van der Waals surface area contributed by atoms with Crippen molar-refractivity contribution >= 4 is 11.9 Å². The van der Waals surface area contributed by atoms with Crippen molar-refractivity contribution in [1.29, 1.82) is 0 Å². The number of carbonyl (C=O) groups is 2. The van der Waals surface area contributed by atoms with Gasteiger partial charge in [0.05, 0.1) is 20.6 Å². The van der Waals surface area contributed by atoms with Crippen molar-refractivity contribution in [2.45, 2.75) is 39.0 Å². The van der Waals surface area contributed by atoms with E-state index in [-0.39, 0.29) is 24.9 Å². The summed E-state index contributed by atoms with van der Waals surface area (Å²) < 4.78 is 15.5. The Hall–Kier alpha value is -2.24. The SMILES string of the molecule is CCCCCCN(CCC(=O)OC)C(=O)COc1ccccc1OC. The Morgan fingerprint density at radius 3 is 2.36 bits per heavy atom. The lowest BCUT2D eigenvalue weighted by Crippen LogP contribution is -2.37. The van der Waals surface area contributed by atoms with Gasteiger partial charge in [-0.2, -0.15) is 0 Å². The maximum absolute atomic E-state index is 12.5. The molecule has 0 aromatic heterocycles. The molecule has 0 radical (unpaired) electrons. The normalized spacial score (nSPS) is 10.2. The van der Waals surface area contributed by atoms with Crippen LogP contribution in [0, 0.1) is 0 Å². The van der Waals surface area contributed by atoms with Crippen LogP contribution in [0.15, 0.2) is 24.3 Å². The van der Waals surface area contributed by atoms with E-state index in [1.807, 2.05) is 12.1 Å². The Morgan fingerprint density at radius 2 is 1.72 bits per heavy atom. The van der Waals surface area contributed by atoms with E-state index in [9.17, 15) is 9.59 Å². The molecule has 0 aliphatic heterocycles. The fourth-order valence-electron chi connectivity index (χ4n) is 2.39. The minimum Gasteiger partial charge on any atom is -0.493 e. The predicted molar refractivity (Wildman–Crippen MR) is 95.8 cm³/mol. The number of methoxy groups -OCH3 is 2. The van der Waals surface area contributed by atoms with Gasteiger partial charge in [0.25, 0.3) is 5.91 Å². The minimum atomic E-state index is -0.322. The molecule has 1 amide bonds. The van der Waals surface area contributed by atoms with Gasteiger partial charge < -0.3 is 19.1 Å². The molecule has 25 heavy (non-hydrogen) atoms. The summed E-state index contributed by atoms with van der Waals surface area (Å²) in [4.78, 5) is 25.5. The van der Waals surface area contributed by atoms with Gasteiger partial charge in [0, 0.05) is 13.1 Å². The summed E-state index contributed by atoms with van der Waals surface area (Å²) in [6.07, 6.45) is 4.43. The maximum atomic E-state index is 12.5. The van der Waals surface area contributed by atoms with Gasteiger partial charge in [-0.1, -0.05) is 38.3 Å².